The quantitative estimate of drug-likeness (QED) is 0.779. The molecule has 6 heteroatoms. The number of aliphatic hydroxyl groups is 1. The topological polar surface area (TPSA) is 66.8 Å². The van der Waals surface area contributed by atoms with E-state index in [1.54, 1.807) is 12.1 Å². The average molecular weight is 418 g/mol. The van der Waals surface area contributed by atoms with E-state index in [0.717, 1.165) is 10.0 Å². The lowest BCUT2D eigenvalue weighted by Gasteiger charge is -2.23. The highest BCUT2D eigenvalue weighted by molar-refractivity contribution is 9.10. The first-order chi connectivity index (χ1) is 12.4. The van der Waals surface area contributed by atoms with Crippen molar-refractivity contribution in [3.63, 3.8) is 0 Å². The summed E-state index contributed by atoms with van der Waals surface area (Å²) in [6, 6.07) is 12.8. The van der Waals surface area contributed by atoms with Gasteiger partial charge in [0, 0.05) is 22.0 Å². The maximum Gasteiger partial charge on any atom is 0.264 e. The molecule has 0 aromatic heterocycles. The van der Waals surface area contributed by atoms with Crippen LogP contribution >= 0.6 is 15.9 Å². The predicted octanol–water partition coefficient (Wildman–Crippen LogP) is 3.56. The Morgan fingerprint density at radius 1 is 1.27 bits per heavy atom. The van der Waals surface area contributed by atoms with E-state index in [1.165, 1.54) is 11.8 Å². The number of carbonyl (C=O) groups is 2. The van der Waals surface area contributed by atoms with Crippen molar-refractivity contribution in [2.75, 3.05) is 11.5 Å². The van der Waals surface area contributed by atoms with Crippen molar-refractivity contribution < 1.29 is 19.4 Å². The van der Waals surface area contributed by atoms with Gasteiger partial charge in [-0.2, -0.15) is 0 Å². The van der Waals surface area contributed by atoms with Crippen LogP contribution in [0.4, 0.5) is 5.69 Å². The zero-order valence-corrected chi connectivity index (χ0v) is 16.2. The normalized spacial score (nSPS) is 18.8. The Morgan fingerprint density at radius 2 is 2.00 bits per heavy atom. The first-order valence-electron chi connectivity index (χ1n) is 8.41. The molecular weight excluding hydrogens is 398 g/mol. The van der Waals surface area contributed by atoms with Crippen molar-refractivity contribution in [3.8, 4) is 5.75 Å². The Balaban J connectivity index is 2.04. The number of hydrogen-bond donors (Lipinski definition) is 1. The molecule has 1 aliphatic rings. The van der Waals surface area contributed by atoms with E-state index in [4.69, 9.17) is 4.74 Å². The Morgan fingerprint density at radius 3 is 2.69 bits per heavy atom. The standard InChI is InChI=1S/C20H20BrNO4/c1-3-26-18-7-5-4-6-14(18)12-22-17-9-8-15(21)10-16(17)20(25,19(22)24)11-13(2)23/h4-10,25H,3,11-12H2,1-2H3/t20-/m0/s1. The Labute approximate surface area is 160 Å². The minimum Gasteiger partial charge on any atom is -0.494 e. The lowest BCUT2D eigenvalue weighted by Crippen LogP contribution is -2.41. The number of fused-ring (bicyclic) bond motifs is 1. The molecule has 1 aliphatic heterocycles. The Kier molecular flexibility index (Phi) is 5.16. The van der Waals surface area contributed by atoms with Crippen molar-refractivity contribution in [1.82, 2.24) is 0 Å². The van der Waals surface area contributed by atoms with Crippen molar-refractivity contribution >= 4 is 33.3 Å². The lowest BCUT2D eigenvalue weighted by molar-refractivity contribution is -0.141. The van der Waals surface area contributed by atoms with Crippen LogP contribution in [0.25, 0.3) is 0 Å². The highest BCUT2D eigenvalue weighted by Crippen LogP contribution is 2.44. The van der Waals surface area contributed by atoms with Gasteiger partial charge in [0.25, 0.3) is 5.91 Å². The number of amides is 1. The van der Waals surface area contributed by atoms with Crippen LogP contribution in [0, 0.1) is 0 Å². The molecule has 3 rings (SSSR count). The summed E-state index contributed by atoms with van der Waals surface area (Å²) >= 11 is 3.38. The second-order valence-electron chi connectivity index (χ2n) is 6.33. The van der Waals surface area contributed by atoms with Crippen LogP contribution in [0.1, 0.15) is 31.4 Å². The van der Waals surface area contributed by atoms with Crippen LogP contribution in [0.3, 0.4) is 0 Å². The Bertz CT molecular complexity index is 867. The molecule has 2 aromatic carbocycles. The smallest absolute Gasteiger partial charge is 0.264 e. The molecule has 0 fully saturated rings. The van der Waals surface area contributed by atoms with E-state index in [9.17, 15) is 14.7 Å². The number of hydrogen-bond acceptors (Lipinski definition) is 4. The van der Waals surface area contributed by atoms with Crippen LogP contribution < -0.4 is 9.64 Å². The second kappa shape index (κ2) is 7.21. The molecule has 26 heavy (non-hydrogen) atoms. The molecule has 0 aliphatic carbocycles. The van der Waals surface area contributed by atoms with E-state index in [-0.39, 0.29) is 18.7 Å². The molecule has 0 spiro atoms. The molecule has 0 saturated carbocycles. The van der Waals surface area contributed by atoms with E-state index in [1.807, 2.05) is 37.3 Å². The van der Waals surface area contributed by atoms with Gasteiger partial charge in [-0.25, -0.2) is 0 Å². The highest BCUT2D eigenvalue weighted by Gasteiger charge is 2.50. The first kappa shape index (κ1) is 18.6. The Hall–Kier alpha value is -2.18. The second-order valence-corrected chi connectivity index (χ2v) is 7.25. The number of ether oxygens (including phenoxy) is 1. The number of ketones is 1. The number of Topliss-reactive ketones (excluding diaryl/α,β-unsaturated/α-hetero) is 1. The van der Waals surface area contributed by atoms with Gasteiger partial charge in [0.1, 0.15) is 11.5 Å². The van der Waals surface area contributed by atoms with Crippen LogP contribution in [0.5, 0.6) is 5.75 Å². The van der Waals surface area contributed by atoms with E-state index in [2.05, 4.69) is 15.9 Å². The summed E-state index contributed by atoms with van der Waals surface area (Å²) in [5, 5.41) is 11.1. The summed E-state index contributed by atoms with van der Waals surface area (Å²) in [6.45, 7) is 4.04. The van der Waals surface area contributed by atoms with Gasteiger partial charge in [0.2, 0.25) is 0 Å². The zero-order chi connectivity index (χ0) is 18.9. The molecular formula is C20H20BrNO4. The minimum absolute atomic E-state index is 0.247. The zero-order valence-electron chi connectivity index (χ0n) is 14.7. The number of para-hydroxylation sites is 1. The molecule has 136 valence electrons. The molecule has 1 heterocycles. The number of rotatable bonds is 6. The van der Waals surface area contributed by atoms with Crippen LogP contribution in [-0.2, 0) is 21.7 Å². The maximum atomic E-state index is 13.1. The number of halogens is 1. The van der Waals surface area contributed by atoms with Crippen molar-refractivity contribution in [2.24, 2.45) is 0 Å². The first-order valence-corrected chi connectivity index (χ1v) is 9.20. The third kappa shape index (κ3) is 3.27. The van der Waals surface area contributed by atoms with Gasteiger partial charge < -0.3 is 14.7 Å². The minimum atomic E-state index is -1.84. The van der Waals surface area contributed by atoms with Crippen LogP contribution in [0.15, 0.2) is 46.9 Å². The van der Waals surface area contributed by atoms with Gasteiger partial charge in [-0.1, -0.05) is 34.1 Å². The van der Waals surface area contributed by atoms with Crippen LogP contribution in [-0.4, -0.2) is 23.4 Å². The highest BCUT2D eigenvalue weighted by atomic mass is 79.9. The van der Waals surface area contributed by atoms with Gasteiger partial charge in [-0.05, 0) is 38.1 Å². The molecule has 0 bridgehead atoms. The van der Waals surface area contributed by atoms with E-state index in [0.29, 0.717) is 23.6 Å². The van der Waals surface area contributed by atoms with Gasteiger partial charge in [-0.3, -0.25) is 9.59 Å². The fraction of sp³-hybridized carbons (Fsp3) is 0.300. The summed E-state index contributed by atoms with van der Waals surface area (Å²) in [5.74, 6) is -0.0427. The molecule has 1 amide bonds. The summed E-state index contributed by atoms with van der Waals surface area (Å²) < 4.78 is 6.38. The number of carbonyl (C=O) groups excluding carboxylic acids is 2. The van der Waals surface area contributed by atoms with Crippen molar-refractivity contribution in [2.45, 2.75) is 32.4 Å². The fourth-order valence-electron chi connectivity index (χ4n) is 3.31. The maximum absolute atomic E-state index is 13.1. The van der Waals surface area contributed by atoms with Gasteiger partial charge in [0.05, 0.1) is 18.8 Å². The predicted molar refractivity (Wildman–Crippen MR) is 102 cm³/mol. The summed E-state index contributed by atoms with van der Waals surface area (Å²) in [7, 11) is 0. The lowest BCUT2D eigenvalue weighted by atomic mass is 9.90. The fourth-order valence-corrected chi connectivity index (χ4v) is 3.67. The van der Waals surface area contributed by atoms with Gasteiger partial charge >= 0.3 is 0 Å². The third-order valence-electron chi connectivity index (χ3n) is 4.40. The summed E-state index contributed by atoms with van der Waals surface area (Å²) in [6.07, 6.45) is -0.251. The van der Waals surface area contributed by atoms with E-state index < -0.39 is 11.5 Å². The molecule has 2 aromatic rings. The average Bonchev–Trinajstić information content (AvgIpc) is 2.78. The molecule has 0 saturated heterocycles. The van der Waals surface area contributed by atoms with Crippen molar-refractivity contribution in [1.29, 1.82) is 0 Å². The summed E-state index contributed by atoms with van der Waals surface area (Å²) in [4.78, 5) is 26.3. The molecule has 0 radical (unpaired) electrons. The molecule has 1 N–H and O–H groups in total. The van der Waals surface area contributed by atoms with Gasteiger partial charge in [0.15, 0.2) is 5.60 Å². The number of benzene rings is 2. The van der Waals surface area contributed by atoms with Gasteiger partial charge in [-0.15, -0.1) is 0 Å². The van der Waals surface area contributed by atoms with E-state index >= 15 is 0 Å². The SMILES string of the molecule is CCOc1ccccc1CN1C(=O)[C@](O)(CC(C)=O)c2cc(Br)ccc21. The largest absolute Gasteiger partial charge is 0.494 e. The molecule has 1 atom stereocenters. The molecule has 5 nitrogen and oxygen atoms in total. The van der Waals surface area contributed by atoms with Crippen LogP contribution in [0.2, 0.25) is 0 Å². The molecule has 0 unspecified atom stereocenters. The summed E-state index contributed by atoms with van der Waals surface area (Å²) in [5.41, 5.74) is 0.0451. The monoisotopic (exact) mass is 417 g/mol. The number of nitrogens with zero attached hydrogens (tertiary/aromatic N) is 1. The third-order valence-corrected chi connectivity index (χ3v) is 4.89. The van der Waals surface area contributed by atoms with Crippen molar-refractivity contribution in [3.05, 3.63) is 58.1 Å². The number of anilines is 1.